The van der Waals surface area contributed by atoms with Crippen molar-refractivity contribution < 1.29 is 14.7 Å². The number of anilines is 1. The number of carboxylic acids is 1. The van der Waals surface area contributed by atoms with E-state index in [-0.39, 0.29) is 17.5 Å². The molecule has 0 saturated heterocycles. The number of amides is 1. The topological polar surface area (TPSA) is 75.4 Å². The van der Waals surface area contributed by atoms with E-state index in [1.54, 1.807) is 4.57 Å². The molecule has 1 aliphatic heterocycles. The molecular weight excluding hydrogens is 390 g/mol. The van der Waals surface area contributed by atoms with Gasteiger partial charge in [0, 0.05) is 35.9 Å². The molecule has 146 valence electrons. The van der Waals surface area contributed by atoms with Crippen LogP contribution in [0.15, 0.2) is 61.1 Å². The van der Waals surface area contributed by atoms with E-state index >= 15 is 0 Å². The second kappa shape index (κ2) is 6.46. The third-order valence-electron chi connectivity index (χ3n) is 5.97. The van der Waals surface area contributed by atoms with Crippen molar-refractivity contribution in [2.75, 3.05) is 11.4 Å². The fourth-order valence-electron chi connectivity index (χ4n) is 4.48. The van der Waals surface area contributed by atoms with Crippen molar-refractivity contribution in [2.45, 2.75) is 24.3 Å². The number of para-hydroxylation sites is 1. The molecule has 2 atom stereocenters. The minimum Gasteiger partial charge on any atom is -0.476 e. The zero-order valence-electron chi connectivity index (χ0n) is 15.5. The summed E-state index contributed by atoms with van der Waals surface area (Å²) >= 11 is 6.02. The van der Waals surface area contributed by atoms with Crippen LogP contribution >= 0.6 is 11.6 Å². The van der Waals surface area contributed by atoms with E-state index in [0.29, 0.717) is 18.1 Å². The Kier molecular flexibility index (Phi) is 3.99. The molecule has 0 bridgehead atoms. The lowest BCUT2D eigenvalue weighted by molar-refractivity contribution is -0.120. The number of carbonyl (C=O) groups excluding carboxylic acids is 1. The Hall–Kier alpha value is -3.12. The maximum atomic E-state index is 13.5. The summed E-state index contributed by atoms with van der Waals surface area (Å²) in [6.07, 6.45) is 3.76. The molecule has 5 rings (SSSR count). The predicted octanol–water partition coefficient (Wildman–Crippen LogP) is 3.71. The smallest absolute Gasteiger partial charge is 0.356 e. The van der Waals surface area contributed by atoms with Gasteiger partial charge in [0.1, 0.15) is 0 Å². The van der Waals surface area contributed by atoms with Gasteiger partial charge in [-0.25, -0.2) is 9.78 Å². The van der Waals surface area contributed by atoms with Crippen LogP contribution in [0.4, 0.5) is 5.69 Å². The number of hydrogen-bond acceptors (Lipinski definition) is 3. The normalized spacial score (nSPS) is 22.2. The highest BCUT2D eigenvalue weighted by Gasteiger charge is 2.66. The zero-order chi connectivity index (χ0) is 20.2. The van der Waals surface area contributed by atoms with Crippen molar-refractivity contribution >= 4 is 29.2 Å². The van der Waals surface area contributed by atoms with Crippen LogP contribution in [0.3, 0.4) is 0 Å². The Morgan fingerprint density at radius 2 is 1.93 bits per heavy atom. The molecule has 7 heteroatoms. The first-order valence-electron chi connectivity index (χ1n) is 9.43. The molecule has 1 saturated carbocycles. The summed E-state index contributed by atoms with van der Waals surface area (Å²) < 4.78 is 1.70. The van der Waals surface area contributed by atoms with Gasteiger partial charge in [0.2, 0.25) is 5.91 Å². The molecule has 29 heavy (non-hydrogen) atoms. The number of hydrogen-bond donors (Lipinski definition) is 1. The maximum absolute atomic E-state index is 13.5. The molecule has 2 aliphatic rings. The van der Waals surface area contributed by atoms with Crippen LogP contribution in [0.1, 0.15) is 34.0 Å². The van der Waals surface area contributed by atoms with Gasteiger partial charge in [0.05, 0.1) is 11.7 Å². The Balaban J connectivity index is 1.42. The molecule has 1 fully saturated rings. The highest BCUT2D eigenvalue weighted by atomic mass is 35.5. The lowest BCUT2D eigenvalue weighted by Gasteiger charge is -2.18. The van der Waals surface area contributed by atoms with Crippen molar-refractivity contribution in [3.05, 3.63) is 82.9 Å². The summed E-state index contributed by atoms with van der Waals surface area (Å²) in [6.45, 7) is 0.933. The molecule has 1 aliphatic carbocycles. The first kappa shape index (κ1) is 17.9. The van der Waals surface area contributed by atoms with Crippen LogP contribution < -0.4 is 4.90 Å². The van der Waals surface area contributed by atoms with Gasteiger partial charge < -0.3 is 14.6 Å². The van der Waals surface area contributed by atoms with Crippen molar-refractivity contribution in [3.63, 3.8) is 0 Å². The van der Waals surface area contributed by atoms with Crippen LogP contribution in [0.5, 0.6) is 0 Å². The van der Waals surface area contributed by atoms with Crippen LogP contribution in [0.2, 0.25) is 5.02 Å². The molecular formula is C22H18ClN3O3. The molecule has 1 aromatic heterocycles. The number of aromatic carboxylic acids is 1. The van der Waals surface area contributed by atoms with Gasteiger partial charge in [0.25, 0.3) is 0 Å². The van der Waals surface area contributed by atoms with Gasteiger partial charge in [0.15, 0.2) is 5.69 Å². The second-order valence-electron chi connectivity index (χ2n) is 7.56. The summed E-state index contributed by atoms with van der Waals surface area (Å²) in [5, 5.41) is 9.72. The van der Waals surface area contributed by atoms with Crippen LogP contribution in [-0.2, 0) is 16.8 Å². The minimum absolute atomic E-state index is 0.000357. The zero-order valence-corrected chi connectivity index (χ0v) is 16.2. The van der Waals surface area contributed by atoms with Crippen molar-refractivity contribution in [2.24, 2.45) is 0 Å². The highest BCUT2D eigenvalue weighted by Crippen LogP contribution is 2.66. The number of fused-ring (bicyclic) bond motifs is 2. The number of rotatable bonds is 5. The van der Waals surface area contributed by atoms with Gasteiger partial charge in [-0.1, -0.05) is 41.9 Å². The largest absolute Gasteiger partial charge is 0.476 e. The lowest BCUT2D eigenvalue weighted by Crippen LogP contribution is -2.35. The Labute approximate surface area is 172 Å². The lowest BCUT2D eigenvalue weighted by atomic mass is 9.92. The Morgan fingerprint density at radius 3 is 2.66 bits per heavy atom. The van der Waals surface area contributed by atoms with Gasteiger partial charge in [-0.15, -0.1) is 0 Å². The fraction of sp³-hybridized carbons (Fsp3) is 0.227. The van der Waals surface area contributed by atoms with E-state index in [9.17, 15) is 9.59 Å². The SMILES string of the molecule is O=C(O)c1cn(CCN2C(=O)[C@]3(C[C@H]3c3ccc(Cl)cc3)c3ccccc32)cn1. The molecule has 6 nitrogen and oxygen atoms in total. The summed E-state index contributed by atoms with van der Waals surface area (Å²) in [5.74, 6) is -0.809. The van der Waals surface area contributed by atoms with E-state index in [4.69, 9.17) is 16.7 Å². The monoisotopic (exact) mass is 407 g/mol. The number of benzene rings is 2. The molecule has 1 N–H and O–H groups in total. The average molecular weight is 408 g/mol. The second-order valence-corrected chi connectivity index (χ2v) is 7.99. The van der Waals surface area contributed by atoms with Gasteiger partial charge >= 0.3 is 5.97 Å². The standard InChI is InChI=1S/C22H18ClN3O3/c23-15-7-5-14(6-8-15)17-11-22(17)16-3-1-2-4-19(16)26(21(22)29)10-9-25-12-18(20(27)28)24-13-25/h1-8,12-13,17H,9-11H2,(H,27,28)/t17-,22+/m0/s1. The molecule has 3 aromatic rings. The number of imidazole rings is 1. The van der Waals surface area contributed by atoms with E-state index in [0.717, 1.165) is 23.2 Å². The summed E-state index contributed by atoms with van der Waals surface area (Å²) in [5.41, 5.74) is 2.63. The predicted molar refractivity (Wildman–Crippen MR) is 108 cm³/mol. The number of halogens is 1. The minimum atomic E-state index is -1.06. The van der Waals surface area contributed by atoms with Crippen molar-refractivity contribution in [1.29, 1.82) is 0 Å². The van der Waals surface area contributed by atoms with Crippen LogP contribution in [0, 0.1) is 0 Å². The Bertz CT molecular complexity index is 1120. The van der Waals surface area contributed by atoms with E-state index < -0.39 is 11.4 Å². The van der Waals surface area contributed by atoms with Crippen LogP contribution in [-0.4, -0.2) is 33.1 Å². The van der Waals surface area contributed by atoms with Gasteiger partial charge in [-0.05, 0) is 35.7 Å². The third-order valence-corrected chi connectivity index (χ3v) is 6.22. The number of aromatic nitrogens is 2. The fourth-order valence-corrected chi connectivity index (χ4v) is 4.60. The third kappa shape index (κ3) is 2.75. The maximum Gasteiger partial charge on any atom is 0.356 e. The molecule has 0 unspecified atom stereocenters. The summed E-state index contributed by atoms with van der Waals surface area (Å²) in [4.78, 5) is 30.2. The van der Waals surface area contributed by atoms with Crippen molar-refractivity contribution in [3.8, 4) is 0 Å². The quantitative estimate of drug-likeness (QED) is 0.699. The van der Waals surface area contributed by atoms with Crippen molar-refractivity contribution in [1.82, 2.24) is 9.55 Å². The number of carbonyl (C=O) groups is 2. The first-order valence-corrected chi connectivity index (χ1v) is 9.80. The first-order chi connectivity index (χ1) is 14.0. The molecule has 1 spiro atoms. The van der Waals surface area contributed by atoms with E-state index in [2.05, 4.69) is 4.98 Å². The van der Waals surface area contributed by atoms with Gasteiger partial charge in [-0.2, -0.15) is 0 Å². The molecule has 0 radical (unpaired) electrons. The summed E-state index contributed by atoms with van der Waals surface area (Å²) in [6, 6.07) is 15.7. The number of nitrogens with zero attached hydrogens (tertiary/aromatic N) is 3. The molecule has 1 amide bonds. The van der Waals surface area contributed by atoms with Gasteiger partial charge in [-0.3, -0.25) is 4.79 Å². The molecule has 2 heterocycles. The molecule has 2 aromatic carbocycles. The van der Waals surface area contributed by atoms with Crippen LogP contribution in [0.25, 0.3) is 0 Å². The summed E-state index contributed by atoms with van der Waals surface area (Å²) in [7, 11) is 0. The van der Waals surface area contributed by atoms with E-state index in [1.807, 2.05) is 53.4 Å². The average Bonchev–Trinajstić information content (AvgIpc) is 3.20. The highest BCUT2D eigenvalue weighted by molar-refractivity contribution is 6.30. The number of carboxylic acid groups (broad SMARTS) is 1. The Morgan fingerprint density at radius 1 is 1.17 bits per heavy atom. The van der Waals surface area contributed by atoms with E-state index in [1.165, 1.54) is 12.5 Å².